The minimum Gasteiger partial charge on any atom is -0.507 e. The first-order valence-corrected chi connectivity index (χ1v) is 29.4. The molecule has 0 bridgehead atoms. The molecular formula is C61H71N3O12S2. The molecule has 8 rings (SSSR count). The number of nitrogens with zero attached hydrogens (tertiary/aromatic N) is 2. The number of hydrogen-bond donors (Lipinski definition) is 4. The molecule has 17 heteroatoms. The summed E-state index contributed by atoms with van der Waals surface area (Å²) in [6.07, 6.45) is 14.3. The standard InChI is InChI=1S/C61H71N3O12S2/c1-38-23-24-43-25-26-44(77(69,70)71)36-48(43)55(38)59(6,7)39(2)18-12-10-13-21-51-61(9,32-17-34-62-37-60(8)33-31-45-42(5)57(68)40(3)41(4)58(45)75-60)56-47-19-16-20-50(78(72,73)74)46(47)27-28-49(56)63(51)35-15-11-14-22-54(67)76-64-52(65)29-30-53(64)66/h10,12-13,16,18-21,23-28,36,62,68H,2,11,14-15,17,22,29-35,37H2,1,3-9H3,(H,69,70,71)(H,72,73,74)/b13-10+,18-12+,51-21+. The number of allylic oxidation sites excluding steroid dienone is 7. The van der Waals surface area contributed by atoms with Crippen LogP contribution in [0.3, 0.4) is 0 Å². The van der Waals surface area contributed by atoms with Gasteiger partial charge in [0.1, 0.15) is 22.0 Å². The smallest absolute Gasteiger partial charge is 0.333 e. The summed E-state index contributed by atoms with van der Waals surface area (Å²) in [6.45, 7) is 22.3. The largest absolute Gasteiger partial charge is 0.507 e. The number of carbonyl (C=O) groups excluding carboxylic acids is 3. The second-order valence-corrected chi connectivity index (χ2v) is 24.9. The van der Waals surface area contributed by atoms with E-state index in [1.807, 2.05) is 90.1 Å². The highest BCUT2D eigenvalue weighted by molar-refractivity contribution is 7.86. The highest BCUT2D eigenvalue weighted by Gasteiger charge is 2.45. The van der Waals surface area contributed by atoms with Crippen LogP contribution in [0.5, 0.6) is 11.5 Å². The second kappa shape index (κ2) is 22.2. The van der Waals surface area contributed by atoms with E-state index in [1.165, 1.54) is 18.2 Å². The molecule has 15 nitrogen and oxygen atoms in total. The number of anilines is 1. The van der Waals surface area contributed by atoms with Crippen LogP contribution in [0.25, 0.3) is 21.5 Å². The van der Waals surface area contributed by atoms with E-state index in [9.17, 15) is 45.4 Å². The third-order valence-corrected chi connectivity index (χ3v) is 18.0. The van der Waals surface area contributed by atoms with Crippen molar-refractivity contribution in [2.24, 2.45) is 0 Å². The molecule has 2 amide bonds. The van der Waals surface area contributed by atoms with Gasteiger partial charge in [-0.15, -0.1) is 5.06 Å². The number of carbonyl (C=O) groups is 3. The highest BCUT2D eigenvalue weighted by atomic mass is 32.2. The summed E-state index contributed by atoms with van der Waals surface area (Å²) in [7, 11) is -9.05. The molecule has 2 unspecified atom stereocenters. The number of imide groups is 1. The zero-order valence-corrected chi connectivity index (χ0v) is 47.4. The van der Waals surface area contributed by atoms with Crippen molar-refractivity contribution in [3.05, 3.63) is 148 Å². The number of phenols is 1. The van der Waals surface area contributed by atoms with Crippen LogP contribution in [-0.2, 0) is 56.7 Å². The maximum atomic E-state index is 12.9. The normalized spacial score (nSPS) is 19.4. The minimum absolute atomic E-state index is 0.00598. The van der Waals surface area contributed by atoms with E-state index in [0.717, 1.165) is 79.9 Å². The first kappa shape index (κ1) is 57.5. The molecule has 78 heavy (non-hydrogen) atoms. The van der Waals surface area contributed by atoms with E-state index < -0.39 is 54.5 Å². The third kappa shape index (κ3) is 11.4. The molecule has 0 spiro atoms. The fourth-order valence-electron chi connectivity index (χ4n) is 11.7. The molecule has 0 saturated carbocycles. The number of rotatable bonds is 20. The molecule has 3 aliphatic heterocycles. The molecule has 2 atom stereocenters. The topological polar surface area (TPSA) is 217 Å². The molecule has 1 saturated heterocycles. The summed E-state index contributed by atoms with van der Waals surface area (Å²) in [6, 6.07) is 17.0. The van der Waals surface area contributed by atoms with Crippen molar-refractivity contribution in [3.63, 3.8) is 0 Å². The molecule has 0 aliphatic carbocycles. The Morgan fingerprint density at radius 3 is 2.26 bits per heavy atom. The SMILES string of the molecule is C=C(/C=C/C=C/C=C1/N(CCCCCC(=O)ON2C(=O)CCC2=O)c2ccc3c(S(=O)(=O)O)cccc3c2C1(C)CCCNCC1(C)CCc2c(C)c(O)c(C)c(C)c2O1)C(C)(C)c1c(C)ccc2ccc(S(=O)(=O)O)cc12. The number of unbranched alkanes of at least 4 members (excludes halogenated alkanes) is 2. The van der Waals surface area contributed by atoms with Crippen LogP contribution in [0.15, 0.2) is 119 Å². The van der Waals surface area contributed by atoms with Crippen molar-refractivity contribution in [2.45, 2.75) is 146 Å². The zero-order chi connectivity index (χ0) is 56.7. The van der Waals surface area contributed by atoms with Gasteiger partial charge in [-0.2, -0.15) is 16.8 Å². The van der Waals surface area contributed by atoms with Crippen molar-refractivity contribution in [3.8, 4) is 11.5 Å². The maximum absolute atomic E-state index is 12.9. The summed E-state index contributed by atoms with van der Waals surface area (Å²) in [5.74, 6) is -0.586. The Labute approximate surface area is 458 Å². The average Bonchev–Trinajstić information content (AvgIpc) is 3.92. The Morgan fingerprint density at radius 2 is 1.55 bits per heavy atom. The fraction of sp³-hybridized carbons (Fsp3) is 0.393. The van der Waals surface area contributed by atoms with E-state index in [1.54, 1.807) is 18.2 Å². The van der Waals surface area contributed by atoms with Gasteiger partial charge >= 0.3 is 5.97 Å². The van der Waals surface area contributed by atoms with Crippen molar-refractivity contribution in [1.82, 2.24) is 10.4 Å². The summed E-state index contributed by atoms with van der Waals surface area (Å²) < 4.78 is 77.2. The van der Waals surface area contributed by atoms with Gasteiger partial charge in [0.2, 0.25) is 0 Å². The van der Waals surface area contributed by atoms with Gasteiger partial charge in [-0.25, -0.2) is 4.79 Å². The molecule has 1 fully saturated rings. The molecule has 0 aromatic heterocycles. The highest BCUT2D eigenvalue weighted by Crippen LogP contribution is 2.54. The summed E-state index contributed by atoms with van der Waals surface area (Å²) in [5, 5.41) is 17.6. The van der Waals surface area contributed by atoms with E-state index in [2.05, 4.69) is 36.7 Å². The summed E-state index contributed by atoms with van der Waals surface area (Å²) in [4.78, 5) is 43.8. The molecule has 5 aromatic rings. The summed E-state index contributed by atoms with van der Waals surface area (Å²) in [5.41, 5.74) is 7.04. The lowest BCUT2D eigenvalue weighted by Gasteiger charge is -2.38. The predicted octanol–water partition coefficient (Wildman–Crippen LogP) is 11.4. The lowest BCUT2D eigenvalue weighted by molar-refractivity contribution is -0.197. The monoisotopic (exact) mass is 1100 g/mol. The van der Waals surface area contributed by atoms with Gasteiger partial charge in [0.15, 0.2) is 0 Å². The Hall–Kier alpha value is -6.63. The molecule has 4 N–H and O–H groups in total. The Balaban J connectivity index is 1.09. The van der Waals surface area contributed by atoms with Crippen LogP contribution in [-0.4, -0.2) is 79.1 Å². The van der Waals surface area contributed by atoms with Crippen LogP contribution < -0.4 is 15.0 Å². The van der Waals surface area contributed by atoms with Gasteiger partial charge < -0.3 is 24.9 Å². The van der Waals surface area contributed by atoms with Crippen LogP contribution in [0.2, 0.25) is 0 Å². The average molecular weight is 1100 g/mol. The van der Waals surface area contributed by atoms with Gasteiger partial charge in [-0.1, -0.05) is 87.5 Å². The molecule has 3 heterocycles. The van der Waals surface area contributed by atoms with Crippen molar-refractivity contribution < 1.29 is 55.0 Å². The van der Waals surface area contributed by atoms with E-state index in [4.69, 9.17) is 9.57 Å². The number of phenolic OH excluding ortho intramolecular Hbond substituents is 1. The van der Waals surface area contributed by atoms with E-state index >= 15 is 0 Å². The first-order chi connectivity index (χ1) is 36.7. The molecular weight excluding hydrogens is 1030 g/mol. The van der Waals surface area contributed by atoms with Crippen LogP contribution >= 0.6 is 0 Å². The number of aryl methyl sites for hydroxylation is 1. The lowest BCUT2D eigenvalue weighted by atomic mass is 9.74. The van der Waals surface area contributed by atoms with E-state index in [0.29, 0.717) is 78.7 Å². The number of hydroxylamine groups is 2. The number of nitrogens with one attached hydrogen (secondary N) is 1. The molecule has 5 aromatic carbocycles. The van der Waals surface area contributed by atoms with Crippen LogP contribution in [0, 0.1) is 27.7 Å². The van der Waals surface area contributed by atoms with Gasteiger partial charge in [0.25, 0.3) is 32.1 Å². The van der Waals surface area contributed by atoms with Crippen LogP contribution in [0.4, 0.5) is 5.69 Å². The second-order valence-electron chi connectivity index (χ2n) is 22.1. The number of hydrogen-bond acceptors (Lipinski definition) is 12. The van der Waals surface area contributed by atoms with Gasteiger partial charge in [0.05, 0.1) is 4.90 Å². The Kier molecular flexibility index (Phi) is 16.4. The number of benzene rings is 5. The first-order valence-electron chi connectivity index (χ1n) is 26.5. The van der Waals surface area contributed by atoms with Crippen molar-refractivity contribution >= 4 is 65.3 Å². The predicted molar refractivity (Wildman–Crippen MR) is 303 cm³/mol. The number of amides is 2. The van der Waals surface area contributed by atoms with E-state index in [-0.39, 0.29) is 29.1 Å². The quantitative estimate of drug-likeness (QED) is 0.0247. The molecule has 0 radical (unpaired) electrons. The third-order valence-electron chi connectivity index (χ3n) is 16.3. The Morgan fingerprint density at radius 1 is 0.833 bits per heavy atom. The van der Waals surface area contributed by atoms with Gasteiger partial charge in [0, 0.05) is 65.5 Å². The van der Waals surface area contributed by atoms with Crippen molar-refractivity contribution in [2.75, 3.05) is 24.5 Å². The number of fused-ring (bicyclic) bond motifs is 5. The number of ether oxygens (including phenoxy) is 1. The van der Waals surface area contributed by atoms with Gasteiger partial charge in [-0.05, 0) is 172 Å². The zero-order valence-electron chi connectivity index (χ0n) is 45.8. The lowest BCUT2D eigenvalue weighted by Crippen LogP contribution is -2.46. The fourth-order valence-corrected chi connectivity index (χ4v) is 12.9. The summed E-state index contributed by atoms with van der Waals surface area (Å²) >= 11 is 0. The molecule has 3 aliphatic rings. The van der Waals surface area contributed by atoms with Crippen molar-refractivity contribution in [1.29, 1.82) is 0 Å². The van der Waals surface area contributed by atoms with Crippen LogP contribution in [0.1, 0.15) is 124 Å². The minimum atomic E-state index is -4.60. The Bertz CT molecular complexity index is 3580. The van der Waals surface area contributed by atoms with Gasteiger partial charge in [-0.3, -0.25) is 18.7 Å². The number of aromatic hydroxyl groups is 1. The maximum Gasteiger partial charge on any atom is 0.333 e. The molecule has 414 valence electrons.